The summed E-state index contributed by atoms with van der Waals surface area (Å²) in [5.41, 5.74) is -0.592. The maximum Gasteiger partial charge on any atom is 0.410 e. The van der Waals surface area contributed by atoms with E-state index in [1.807, 2.05) is 25.7 Å². The number of carbonyl (C=O) groups is 1. The molecular weight excluding hydrogens is 579 g/mol. The molecule has 0 N–H and O–H groups in total. The number of fused-ring (bicyclic) bond motifs is 2. The lowest BCUT2D eigenvalue weighted by molar-refractivity contribution is 0.0225. The van der Waals surface area contributed by atoms with Crippen LogP contribution in [-0.2, 0) is 4.74 Å². The zero-order valence-electron chi connectivity index (χ0n) is 22.0. The van der Waals surface area contributed by atoms with E-state index in [4.69, 9.17) is 26.1 Å². The van der Waals surface area contributed by atoms with Crippen molar-refractivity contribution in [1.82, 2.24) is 24.8 Å². The molecule has 206 valence electrons. The number of pyridine rings is 1. The maximum atomic E-state index is 15.3. The highest BCUT2D eigenvalue weighted by Gasteiger charge is 2.45. The second-order valence-corrected chi connectivity index (χ2v) is 12.3. The number of anilines is 1. The first-order valence-electron chi connectivity index (χ1n) is 13.0. The number of carbonyl (C=O) groups excluding carboxylic acids is 1. The standard InChI is InChI=1S/C26H33BrClFN6O3/c1-5-16-14-33(24(36)38-25(2,3)4)12-13-35(16)22-17-19(18(29)21(28)31-20(17)27)30-23(32-22)37-15-26-8-6-10-34(26)11-7-9-26/h5,16H,1,6-15H2,2-4H3/t16-/m1/s1. The molecule has 0 bridgehead atoms. The number of ether oxygens (including phenoxy) is 2. The number of rotatable bonds is 5. The molecule has 9 nitrogen and oxygen atoms in total. The van der Waals surface area contributed by atoms with Crippen LogP contribution in [0.3, 0.4) is 0 Å². The average Bonchev–Trinajstić information content (AvgIpc) is 3.44. The zero-order chi connectivity index (χ0) is 27.2. The summed E-state index contributed by atoms with van der Waals surface area (Å²) >= 11 is 9.52. The Morgan fingerprint density at radius 2 is 1.92 bits per heavy atom. The molecule has 12 heteroatoms. The quantitative estimate of drug-likeness (QED) is 0.337. The lowest BCUT2D eigenvalue weighted by atomic mass is 9.95. The van der Waals surface area contributed by atoms with E-state index in [2.05, 4.69) is 37.4 Å². The monoisotopic (exact) mass is 610 g/mol. The summed E-state index contributed by atoms with van der Waals surface area (Å²) < 4.78 is 27.4. The van der Waals surface area contributed by atoms with Crippen molar-refractivity contribution in [2.75, 3.05) is 44.2 Å². The summed E-state index contributed by atoms with van der Waals surface area (Å²) in [5, 5.41) is 0.102. The van der Waals surface area contributed by atoms with E-state index in [-0.39, 0.29) is 28.3 Å². The lowest BCUT2D eigenvalue weighted by Crippen LogP contribution is -2.55. The molecule has 3 aliphatic heterocycles. The van der Waals surface area contributed by atoms with Gasteiger partial charge in [-0.05, 0) is 75.5 Å². The molecule has 3 saturated heterocycles. The molecule has 3 aliphatic rings. The van der Waals surface area contributed by atoms with Crippen molar-refractivity contribution in [3.05, 3.63) is 28.2 Å². The van der Waals surface area contributed by atoms with Crippen molar-refractivity contribution in [2.45, 2.75) is 63.6 Å². The maximum absolute atomic E-state index is 15.3. The van der Waals surface area contributed by atoms with Gasteiger partial charge in [-0.15, -0.1) is 6.58 Å². The van der Waals surface area contributed by atoms with Gasteiger partial charge in [0.25, 0.3) is 0 Å². The molecule has 5 heterocycles. The van der Waals surface area contributed by atoms with Gasteiger partial charge in [0.05, 0.1) is 17.0 Å². The largest absolute Gasteiger partial charge is 0.461 e. The molecule has 0 saturated carbocycles. The van der Waals surface area contributed by atoms with Crippen molar-refractivity contribution in [3.63, 3.8) is 0 Å². The zero-order valence-corrected chi connectivity index (χ0v) is 24.3. The Balaban J connectivity index is 1.49. The van der Waals surface area contributed by atoms with Crippen LogP contribution in [0.5, 0.6) is 6.01 Å². The van der Waals surface area contributed by atoms with E-state index >= 15 is 4.39 Å². The summed E-state index contributed by atoms with van der Waals surface area (Å²) in [5.74, 6) is -0.289. The number of hydrogen-bond acceptors (Lipinski definition) is 8. The molecule has 2 aromatic rings. The Morgan fingerprint density at radius 3 is 2.58 bits per heavy atom. The summed E-state index contributed by atoms with van der Waals surface area (Å²) in [6.07, 6.45) is 5.76. The lowest BCUT2D eigenvalue weighted by Gasteiger charge is -2.41. The highest BCUT2D eigenvalue weighted by molar-refractivity contribution is 9.10. The van der Waals surface area contributed by atoms with Gasteiger partial charge in [-0.3, -0.25) is 4.90 Å². The van der Waals surface area contributed by atoms with E-state index in [0.717, 1.165) is 38.8 Å². The Hall–Kier alpha value is -2.24. The van der Waals surface area contributed by atoms with Crippen molar-refractivity contribution in [1.29, 1.82) is 0 Å². The first-order chi connectivity index (χ1) is 18.0. The van der Waals surface area contributed by atoms with Crippen molar-refractivity contribution >= 4 is 50.3 Å². The van der Waals surface area contributed by atoms with E-state index in [9.17, 15) is 4.79 Å². The first-order valence-corrected chi connectivity index (χ1v) is 14.2. The van der Waals surface area contributed by atoms with E-state index < -0.39 is 17.5 Å². The van der Waals surface area contributed by atoms with Crippen LogP contribution in [0.1, 0.15) is 46.5 Å². The van der Waals surface area contributed by atoms with Gasteiger partial charge in [-0.1, -0.05) is 17.7 Å². The molecule has 0 spiro atoms. The fourth-order valence-corrected chi connectivity index (χ4v) is 6.58. The number of nitrogens with zero attached hydrogens (tertiary/aromatic N) is 6. The molecule has 0 aromatic carbocycles. The third-order valence-corrected chi connectivity index (χ3v) is 8.38. The fourth-order valence-electron chi connectivity index (χ4n) is 5.77. The van der Waals surface area contributed by atoms with Gasteiger partial charge in [0.1, 0.15) is 28.1 Å². The second-order valence-electron chi connectivity index (χ2n) is 11.2. The van der Waals surface area contributed by atoms with Gasteiger partial charge in [-0.2, -0.15) is 9.97 Å². The SMILES string of the molecule is C=C[C@@H]1CN(C(=O)OC(C)(C)C)CCN1c1nc(OCC23CCCN2CCC3)nc2c(F)c(Cl)nc(Br)c12. The summed E-state index contributed by atoms with van der Waals surface area (Å²) in [6.45, 7) is 13.2. The molecule has 38 heavy (non-hydrogen) atoms. The van der Waals surface area contributed by atoms with Gasteiger partial charge in [0, 0.05) is 19.6 Å². The topological polar surface area (TPSA) is 83.9 Å². The minimum absolute atomic E-state index is 0.0177. The molecule has 0 unspecified atom stereocenters. The number of aromatic nitrogens is 3. The van der Waals surface area contributed by atoms with Gasteiger partial charge in [0.2, 0.25) is 0 Å². The van der Waals surface area contributed by atoms with Gasteiger partial charge in [0.15, 0.2) is 11.0 Å². The molecule has 0 aliphatic carbocycles. The van der Waals surface area contributed by atoms with Crippen LogP contribution >= 0.6 is 27.5 Å². The number of halogens is 3. The highest BCUT2D eigenvalue weighted by Crippen LogP contribution is 2.40. The van der Waals surface area contributed by atoms with Gasteiger partial charge < -0.3 is 19.3 Å². The number of amides is 1. The molecule has 5 rings (SSSR count). The molecule has 1 atom stereocenters. The van der Waals surface area contributed by atoms with E-state index in [1.54, 1.807) is 11.0 Å². The molecule has 1 amide bonds. The Kier molecular flexibility index (Phi) is 7.47. The molecule has 3 fully saturated rings. The van der Waals surface area contributed by atoms with Crippen LogP contribution in [0, 0.1) is 5.82 Å². The molecule has 2 aromatic heterocycles. The Labute approximate surface area is 235 Å². The fraction of sp³-hybridized carbons (Fsp3) is 0.615. The number of hydrogen-bond donors (Lipinski definition) is 0. The normalized spacial score (nSPS) is 21.6. The second kappa shape index (κ2) is 10.4. The summed E-state index contributed by atoms with van der Waals surface area (Å²) in [6, 6.07) is -0.224. The first kappa shape index (κ1) is 27.3. The Morgan fingerprint density at radius 1 is 1.21 bits per heavy atom. The highest BCUT2D eigenvalue weighted by atomic mass is 79.9. The predicted octanol–water partition coefficient (Wildman–Crippen LogP) is 5.20. The minimum atomic E-state index is -0.734. The van der Waals surface area contributed by atoms with Crippen LogP contribution in [0.15, 0.2) is 17.3 Å². The van der Waals surface area contributed by atoms with Gasteiger partial charge in [-0.25, -0.2) is 14.2 Å². The molecular formula is C26H33BrClFN6O3. The molecule has 0 radical (unpaired) electrons. The van der Waals surface area contributed by atoms with Crippen molar-refractivity contribution in [2.24, 2.45) is 0 Å². The Bertz CT molecular complexity index is 1250. The van der Waals surface area contributed by atoms with Gasteiger partial charge >= 0.3 is 12.1 Å². The van der Waals surface area contributed by atoms with Crippen LogP contribution in [0.4, 0.5) is 15.0 Å². The smallest absolute Gasteiger partial charge is 0.410 e. The predicted molar refractivity (Wildman–Crippen MR) is 147 cm³/mol. The summed E-state index contributed by atoms with van der Waals surface area (Å²) in [4.78, 5) is 32.2. The minimum Gasteiger partial charge on any atom is -0.461 e. The third-order valence-electron chi connectivity index (χ3n) is 7.56. The van der Waals surface area contributed by atoms with Crippen LogP contribution in [0.25, 0.3) is 10.9 Å². The average molecular weight is 612 g/mol. The number of piperazine rings is 1. The van der Waals surface area contributed by atoms with Crippen molar-refractivity contribution in [3.8, 4) is 6.01 Å². The van der Waals surface area contributed by atoms with Crippen LogP contribution in [0.2, 0.25) is 5.15 Å². The van der Waals surface area contributed by atoms with E-state index in [0.29, 0.717) is 42.0 Å². The van der Waals surface area contributed by atoms with Crippen molar-refractivity contribution < 1.29 is 18.7 Å². The third kappa shape index (κ3) is 5.16. The van der Waals surface area contributed by atoms with E-state index in [1.165, 1.54) is 0 Å². The summed E-state index contributed by atoms with van der Waals surface area (Å²) in [7, 11) is 0. The van der Waals surface area contributed by atoms with Crippen LogP contribution < -0.4 is 9.64 Å². The van der Waals surface area contributed by atoms with Crippen LogP contribution in [-0.4, -0.2) is 87.4 Å².